The summed E-state index contributed by atoms with van der Waals surface area (Å²) in [6.07, 6.45) is 2.78. The quantitative estimate of drug-likeness (QED) is 0.798. The maximum absolute atomic E-state index is 12.1. The zero-order valence-corrected chi connectivity index (χ0v) is 13.4. The van der Waals surface area contributed by atoms with Crippen molar-refractivity contribution in [1.29, 1.82) is 0 Å². The average molecular weight is 299 g/mol. The zero-order chi connectivity index (χ0) is 15.5. The second-order valence-electron chi connectivity index (χ2n) is 7.02. The monoisotopic (exact) mass is 299 g/mol. The lowest BCUT2D eigenvalue weighted by molar-refractivity contribution is -0.0678. The third-order valence-corrected chi connectivity index (χ3v) is 3.86. The molecule has 2 unspecified atom stereocenters. The molecule has 2 heterocycles. The van der Waals surface area contributed by atoms with Crippen molar-refractivity contribution < 1.29 is 14.3 Å². The molecule has 2 rings (SSSR count). The summed E-state index contributed by atoms with van der Waals surface area (Å²) in [4.78, 5) is 13.9. The normalized spacial score (nSPS) is 31.0. The highest BCUT2D eigenvalue weighted by atomic mass is 16.6. The van der Waals surface area contributed by atoms with Crippen LogP contribution in [-0.2, 0) is 9.47 Å². The third kappa shape index (κ3) is 5.13. The Bertz CT molecular complexity index is 357. The molecular weight excluding hydrogens is 270 g/mol. The summed E-state index contributed by atoms with van der Waals surface area (Å²) in [6, 6.07) is 0.0376. The number of nitrogens with two attached hydrogens (primary N) is 1. The molecule has 0 aliphatic carbocycles. The fourth-order valence-corrected chi connectivity index (χ4v) is 2.82. The summed E-state index contributed by atoms with van der Waals surface area (Å²) < 4.78 is 11.6. The molecule has 0 aromatic rings. The fourth-order valence-electron chi connectivity index (χ4n) is 2.82. The molecule has 122 valence electrons. The summed E-state index contributed by atoms with van der Waals surface area (Å²) in [7, 11) is 0. The summed E-state index contributed by atoms with van der Waals surface area (Å²) >= 11 is 0. The predicted molar refractivity (Wildman–Crippen MR) is 81.2 cm³/mol. The van der Waals surface area contributed by atoms with E-state index in [0.717, 1.165) is 38.9 Å². The molecule has 3 N–H and O–H groups in total. The van der Waals surface area contributed by atoms with Gasteiger partial charge in [0.15, 0.2) is 0 Å². The van der Waals surface area contributed by atoms with Crippen LogP contribution in [0.3, 0.4) is 0 Å². The van der Waals surface area contributed by atoms with Crippen molar-refractivity contribution in [3.63, 3.8) is 0 Å². The lowest BCUT2D eigenvalue weighted by atomic mass is 10.0. The van der Waals surface area contributed by atoms with Crippen LogP contribution < -0.4 is 11.1 Å². The molecule has 2 aliphatic rings. The van der Waals surface area contributed by atoms with Crippen molar-refractivity contribution in [2.45, 2.75) is 63.9 Å². The van der Waals surface area contributed by atoms with Gasteiger partial charge in [-0.2, -0.15) is 0 Å². The smallest absolute Gasteiger partial charge is 0.410 e. The Kier molecular flexibility index (Phi) is 5.46. The number of nitrogens with zero attached hydrogens (tertiary/aromatic N) is 1. The Hall–Kier alpha value is -0.850. The Labute approximate surface area is 127 Å². The molecule has 2 fully saturated rings. The number of likely N-dealkylation sites (tertiary alicyclic amines) is 1. The number of amides is 1. The van der Waals surface area contributed by atoms with Crippen LogP contribution in [0, 0.1) is 0 Å². The van der Waals surface area contributed by atoms with Gasteiger partial charge >= 0.3 is 6.09 Å². The van der Waals surface area contributed by atoms with E-state index >= 15 is 0 Å². The topological polar surface area (TPSA) is 76.8 Å². The molecule has 3 atom stereocenters. The van der Waals surface area contributed by atoms with Crippen molar-refractivity contribution in [2.75, 3.05) is 26.2 Å². The number of nitrogens with one attached hydrogen (secondary N) is 1. The van der Waals surface area contributed by atoms with Crippen LogP contribution >= 0.6 is 0 Å². The number of hydrogen-bond acceptors (Lipinski definition) is 5. The third-order valence-electron chi connectivity index (χ3n) is 3.86. The van der Waals surface area contributed by atoms with Crippen molar-refractivity contribution in [1.82, 2.24) is 10.2 Å². The van der Waals surface area contributed by atoms with E-state index in [-0.39, 0.29) is 24.3 Å². The molecule has 1 amide bonds. The molecule has 0 spiro atoms. The molecule has 2 aliphatic heterocycles. The van der Waals surface area contributed by atoms with Crippen LogP contribution in [0.4, 0.5) is 4.79 Å². The van der Waals surface area contributed by atoms with E-state index in [4.69, 9.17) is 15.2 Å². The van der Waals surface area contributed by atoms with Crippen LogP contribution in [-0.4, -0.2) is 61.0 Å². The number of carbonyl (C=O) groups excluding carboxylic acids is 1. The first-order valence-corrected chi connectivity index (χ1v) is 7.95. The molecule has 21 heavy (non-hydrogen) atoms. The summed E-state index contributed by atoms with van der Waals surface area (Å²) in [5.74, 6) is 0. The maximum Gasteiger partial charge on any atom is 0.410 e. The largest absolute Gasteiger partial charge is 0.444 e. The Balaban J connectivity index is 1.84. The minimum absolute atomic E-state index is 0.0376. The SMILES string of the molecule is CC(C)(C)OC(=O)N1CCC[C@@H](OC2CCNCC2N)C1. The van der Waals surface area contributed by atoms with Gasteiger partial charge < -0.3 is 25.4 Å². The van der Waals surface area contributed by atoms with Gasteiger partial charge in [-0.15, -0.1) is 0 Å². The first-order valence-electron chi connectivity index (χ1n) is 7.95. The summed E-state index contributed by atoms with van der Waals surface area (Å²) in [5.41, 5.74) is 5.63. The Morgan fingerprint density at radius 3 is 2.76 bits per heavy atom. The van der Waals surface area contributed by atoms with Crippen molar-refractivity contribution in [2.24, 2.45) is 5.73 Å². The lowest BCUT2D eigenvalue weighted by Gasteiger charge is -2.38. The predicted octanol–water partition coefficient (Wildman–Crippen LogP) is 1.09. The van der Waals surface area contributed by atoms with Crippen LogP contribution in [0.5, 0.6) is 0 Å². The van der Waals surface area contributed by atoms with E-state index in [2.05, 4.69) is 5.32 Å². The van der Waals surface area contributed by atoms with Gasteiger partial charge in [-0.1, -0.05) is 0 Å². The molecule has 0 aromatic carbocycles. The van der Waals surface area contributed by atoms with Gasteiger partial charge in [-0.05, 0) is 46.6 Å². The highest BCUT2D eigenvalue weighted by Crippen LogP contribution is 2.20. The number of hydrogen-bond donors (Lipinski definition) is 2. The summed E-state index contributed by atoms with van der Waals surface area (Å²) in [6.45, 7) is 8.75. The molecule has 0 aromatic heterocycles. The molecule has 0 radical (unpaired) electrons. The number of ether oxygens (including phenoxy) is 2. The van der Waals surface area contributed by atoms with Gasteiger partial charge in [0.1, 0.15) is 5.60 Å². The fraction of sp³-hybridized carbons (Fsp3) is 0.933. The zero-order valence-electron chi connectivity index (χ0n) is 13.4. The van der Waals surface area contributed by atoms with Crippen LogP contribution in [0.15, 0.2) is 0 Å². The van der Waals surface area contributed by atoms with Gasteiger partial charge in [0.2, 0.25) is 0 Å². The molecule has 6 heteroatoms. The average Bonchev–Trinajstić information content (AvgIpc) is 2.40. The molecule has 2 saturated heterocycles. The maximum atomic E-state index is 12.1. The number of carbonyl (C=O) groups is 1. The molecule has 0 saturated carbocycles. The van der Waals surface area contributed by atoms with E-state index in [0.29, 0.717) is 6.54 Å². The van der Waals surface area contributed by atoms with Crippen LogP contribution in [0.2, 0.25) is 0 Å². The first-order chi connectivity index (χ1) is 9.85. The lowest BCUT2D eigenvalue weighted by Crippen LogP contribution is -2.53. The van der Waals surface area contributed by atoms with E-state index in [9.17, 15) is 4.79 Å². The summed E-state index contributed by atoms with van der Waals surface area (Å²) in [5, 5.41) is 3.26. The van der Waals surface area contributed by atoms with Crippen LogP contribution in [0.25, 0.3) is 0 Å². The standard InChI is InChI=1S/C15H29N3O3/c1-15(2,3)21-14(19)18-8-4-5-11(10-18)20-13-6-7-17-9-12(13)16/h11-13,17H,4-10,16H2,1-3H3/t11-,12?,13?/m1/s1. The highest BCUT2D eigenvalue weighted by molar-refractivity contribution is 5.68. The highest BCUT2D eigenvalue weighted by Gasteiger charge is 2.31. The second-order valence-corrected chi connectivity index (χ2v) is 7.02. The van der Waals surface area contributed by atoms with Crippen molar-refractivity contribution in [3.8, 4) is 0 Å². The van der Waals surface area contributed by atoms with Gasteiger partial charge in [-0.3, -0.25) is 0 Å². The molecule has 6 nitrogen and oxygen atoms in total. The Morgan fingerprint density at radius 1 is 1.33 bits per heavy atom. The van der Waals surface area contributed by atoms with Crippen molar-refractivity contribution >= 4 is 6.09 Å². The Morgan fingerprint density at radius 2 is 2.10 bits per heavy atom. The molecular formula is C15H29N3O3. The van der Waals surface area contributed by atoms with Gasteiger partial charge in [-0.25, -0.2) is 4.79 Å². The van der Waals surface area contributed by atoms with Crippen molar-refractivity contribution in [3.05, 3.63) is 0 Å². The van der Waals surface area contributed by atoms with Gasteiger partial charge in [0, 0.05) is 19.1 Å². The van der Waals surface area contributed by atoms with E-state index < -0.39 is 5.60 Å². The minimum atomic E-state index is -0.456. The first kappa shape index (κ1) is 16.5. The van der Waals surface area contributed by atoms with E-state index in [1.807, 2.05) is 20.8 Å². The minimum Gasteiger partial charge on any atom is -0.444 e. The number of piperidine rings is 2. The number of rotatable bonds is 2. The molecule has 0 bridgehead atoms. The van der Waals surface area contributed by atoms with E-state index in [1.165, 1.54) is 0 Å². The van der Waals surface area contributed by atoms with Gasteiger partial charge in [0.05, 0.1) is 18.8 Å². The van der Waals surface area contributed by atoms with Gasteiger partial charge in [0.25, 0.3) is 0 Å². The van der Waals surface area contributed by atoms with E-state index in [1.54, 1.807) is 4.90 Å². The second kappa shape index (κ2) is 6.94. The van der Waals surface area contributed by atoms with Crippen LogP contribution in [0.1, 0.15) is 40.0 Å².